The smallest absolute Gasteiger partial charge is 0.198 e. The van der Waals surface area contributed by atoms with Crippen molar-refractivity contribution < 1.29 is 4.74 Å². The molecule has 0 aliphatic rings. The lowest BCUT2D eigenvalue weighted by atomic mass is 10.4. The number of halogens is 1. The summed E-state index contributed by atoms with van der Waals surface area (Å²) < 4.78 is 7.62. The van der Waals surface area contributed by atoms with Crippen molar-refractivity contribution in [2.75, 3.05) is 7.11 Å². The van der Waals surface area contributed by atoms with E-state index in [-0.39, 0.29) is 0 Å². The fraction of sp³-hybridized carbons (Fsp3) is 0.143. The van der Waals surface area contributed by atoms with Crippen LogP contribution in [0.1, 0.15) is 0 Å². The molecule has 0 aliphatic heterocycles. The predicted octanol–water partition coefficient (Wildman–Crippen LogP) is 1.50. The van der Waals surface area contributed by atoms with Crippen molar-refractivity contribution in [1.82, 2.24) is 14.6 Å². The van der Waals surface area contributed by atoms with Gasteiger partial charge in [0.2, 0.25) is 0 Å². The maximum absolute atomic E-state index is 5.10. The number of ether oxygens (including phenoxy) is 1. The third-order valence-electron chi connectivity index (χ3n) is 1.56. The van der Waals surface area contributed by atoms with Gasteiger partial charge in [-0.25, -0.2) is 9.50 Å². The van der Waals surface area contributed by atoms with Gasteiger partial charge in [0.05, 0.1) is 7.11 Å². The zero-order valence-corrected chi connectivity index (χ0v) is 7.95. The molecule has 12 heavy (non-hydrogen) atoms. The average Bonchev–Trinajstić information content (AvgIpc) is 2.54. The molecule has 0 radical (unpaired) electrons. The average molecular weight is 228 g/mol. The van der Waals surface area contributed by atoms with E-state index >= 15 is 0 Å². The number of pyridine rings is 1. The van der Waals surface area contributed by atoms with Gasteiger partial charge < -0.3 is 4.74 Å². The van der Waals surface area contributed by atoms with Gasteiger partial charge >= 0.3 is 0 Å². The monoisotopic (exact) mass is 227 g/mol. The summed E-state index contributed by atoms with van der Waals surface area (Å²) >= 11 is 3.34. The molecule has 0 spiro atoms. The van der Waals surface area contributed by atoms with E-state index in [0.717, 1.165) is 10.4 Å². The normalized spacial score (nSPS) is 10.5. The molecule has 0 saturated heterocycles. The quantitative estimate of drug-likeness (QED) is 0.694. The first-order chi connectivity index (χ1) is 5.83. The summed E-state index contributed by atoms with van der Waals surface area (Å²) in [5, 5.41) is 4.01. The molecular weight excluding hydrogens is 222 g/mol. The van der Waals surface area contributed by atoms with Gasteiger partial charge in [-0.15, -0.1) is 0 Å². The van der Waals surface area contributed by atoms with E-state index in [0.29, 0.717) is 5.65 Å². The molecule has 2 rings (SSSR count). The molecule has 0 aromatic carbocycles. The van der Waals surface area contributed by atoms with Crippen LogP contribution in [0.4, 0.5) is 0 Å². The topological polar surface area (TPSA) is 39.4 Å². The molecule has 0 aliphatic carbocycles. The van der Waals surface area contributed by atoms with Crippen LogP contribution in [0.5, 0.6) is 5.75 Å². The van der Waals surface area contributed by atoms with Crippen molar-refractivity contribution in [2.24, 2.45) is 0 Å². The lowest BCUT2D eigenvalue weighted by Gasteiger charge is -2.01. The highest BCUT2D eigenvalue weighted by Gasteiger charge is 2.05. The molecule has 4 nitrogen and oxygen atoms in total. The largest absolute Gasteiger partial charge is 0.493 e. The van der Waals surface area contributed by atoms with Crippen LogP contribution in [0.2, 0.25) is 0 Å². The summed E-state index contributed by atoms with van der Waals surface area (Å²) in [7, 11) is 1.61. The van der Waals surface area contributed by atoms with E-state index in [4.69, 9.17) is 4.74 Å². The van der Waals surface area contributed by atoms with Gasteiger partial charge in [0, 0.05) is 0 Å². The highest BCUT2D eigenvalue weighted by atomic mass is 79.9. The summed E-state index contributed by atoms with van der Waals surface area (Å²) in [4.78, 5) is 4.05. The molecule has 5 heteroatoms. The van der Waals surface area contributed by atoms with Crippen LogP contribution in [0, 0.1) is 0 Å². The molecule has 2 heterocycles. The molecule has 0 bridgehead atoms. The molecule has 0 unspecified atom stereocenters. The fourth-order valence-electron chi connectivity index (χ4n) is 1.01. The summed E-state index contributed by atoms with van der Waals surface area (Å²) in [5.41, 5.74) is 0.715. The zero-order valence-electron chi connectivity index (χ0n) is 6.36. The van der Waals surface area contributed by atoms with Gasteiger partial charge in [0.25, 0.3) is 0 Å². The first kappa shape index (κ1) is 7.54. The van der Waals surface area contributed by atoms with Crippen molar-refractivity contribution in [1.29, 1.82) is 0 Å². The number of aromatic nitrogens is 3. The van der Waals surface area contributed by atoms with E-state index in [1.54, 1.807) is 11.6 Å². The minimum atomic E-state index is 0.715. The fourth-order valence-corrected chi connectivity index (χ4v) is 1.41. The summed E-state index contributed by atoms with van der Waals surface area (Å²) in [5.74, 6) is 0.718. The minimum Gasteiger partial charge on any atom is -0.493 e. The summed E-state index contributed by atoms with van der Waals surface area (Å²) in [6.07, 6.45) is 1.49. The van der Waals surface area contributed by atoms with E-state index in [2.05, 4.69) is 26.0 Å². The molecule has 0 amide bonds. The van der Waals surface area contributed by atoms with Crippen LogP contribution >= 0.6 is 15.9 Å². The Hall–Kier alpha value is -1.10. The Morgan fingerprint density at radius 2 is 2.33 bits per heavy atom. The van der Waals surface area contributed by atoms with Crippen molar-refractivity contribution in [3.05, 3.63) is 23.1 Å². The number of fused-ring (bicyclic) bond motifs is 1. The first-order valence-electron chi connectivity index (χ1n) is 3.35. The Bertz CT molecular complexity index is 412. The van der Waals surface area contributed by atoms with E-state index < -0.39 is 0 Å². The Labute approximate surface area is 77.3 Å². The maximum Gasteiger partial charge on any atom is 0.198 e. The molecule has 0 saturated carbocycles. The molecule has 0 N–H and O–H groups in total. The number of hydrogen-bond donors (Lipinski definition) is 0. The third-order valence-corrected chi connectivity index (χ3v) is 2.16. The van der Waals surface area contributed by atoms with E-state index in [1.807, 2.05) is 12.1 Å². The Morgan fingerprint density at radius 3 is 3.08 bits per heavy atom. The second-order valence-corrected chi connectivity index (χ2v) is 3.03. The van der Waals surface area contributed by atoms with Gasteiger partial charge in [0.1, 0.15) is 10.9 Å². The van der Waals surface area contributed by atoms with Crippen LogP contribution < -0.4 is 4.74 Å². The van der Waals surface area contributed by atoms with Gasteiger partial charge in [-0.1, -0.05) is 0 Å². The lowest BCUT2D eigenvalue weighted by molar-refractivity contribution is 0.416. The third kappa shape index (κ3) is 0.972. The van der Waals surface area contributed by atoms with Crippen molar-refractivity contribution >= 4 is 21.6 Å². The van der Waals surface area contributed by atoms with Crippen LogP contribution in [0.15, 0.2) is 23.1 Å². The summed E-state index contributed by atoms with van der Waals surface area (Å²) in [6, 6.07) is 3.70. The van der Waals surface area contributed by atoms with Gasteiger partial charge in [0.15, 0.2) is 11.4 Å². The highest BCUT2D eigenvalue weighted by molar-refractivity contribution is 9.10. The molecule has 0 fully saturated rings. The second kappa shape index (κ2) is 2.75. The van der Waals surface area contributed by atoms with E-state index in [9.17, 15) is 0 Å². The number of methoxy groups -OCH3 is 1. The molecule has 2 aromatic heterocycles. The number of hydrogen-bond acceptors (Lipinski definition) is 3. The predicted molar refractivity (Wildman–Crippen MR) is 47.2 cm³/mol. The Morgan fingerprint density at radius 1 is 1.50 bits per heavy atom. The Kier molecular flexibility index (Phi) is 1.73. The van der Waals surface area contributed by atoms with Gasteiger partial charge in [-0.2, -0.15) is 5.10 Å². The van der Waals surface area contributed by atoms with E-state index in [1.165, 1.54) is 6.33 Å². The van der Waals surface area contributed by atoms with Crippen LogP contribution in [-0.2, 0) is 0 Å². The van der Waals surface area contributed by atoms with Crippen LogP contribution in [-0.4, -0.2) is 21.7 Å². The van der Waals surface area contributed by atoms with Crippen molar-refractivity contribution in [3.63, 3.8) is 0 Å². The summed E-state index contributed by atoms with van der Waals surface area (Å²) in [6.45, 7) is 0. The second-order valence-electron chi connectivity index (χ2n) is 2.22. The van der Waals surface area contributed by atoms with Gasteiger partial charge in [-0.05, 0) is 28.1 Å². The molecular formula is C7H6BrN3O. The van der Waals surface area contributed by atoms with Crippen LogP contribution in [0.3, 0.4) is 0 Å². The van der Waals surface area contributed by atoms with Crippen molar-refractivity contribution in [3.8, 4) is 5.75 Å². The number of rotatable bonds is 1. The maximum atomic E-state index is 5.10. The zero-order chi connectivity index (χ0) is 8.55. The molecule has 62 valence electrons. The molecule has 2 aromatic rings. The Balaban J connectivity index is 2.82. The van der Waals surface area contributed by atoms with Gasteiger partial charge in [-0.3, -0.25) is 0 Å². The number of nitrogens with zero attached hydrogens (tertiary/aromatic N) is 3. The first-order valence-corrected chi connectivity index (χ1v) is 4.14. The highest BCUT2D eigenvalue weighted by Crippen LogP contribution is 2.20. The minimum absolute atomic E-state index is 0.715. The van der Waals surface area contributed by atoms with Crippen LogP contribution in [0.25, 0.3) is 5.65 Å². The standard InChI is InChI=1S/C7H6BrN3O/c1-12-5-2-3-6(8)11-7(5)9-4-10-11/h2-4H,1H3. The molecule has 0 atom stereocenters. The SMILES string of the molecule is COc1ccc(Br)n2ncnc12. The lowest BCUT2D eigenvalue weighted by Crippen LogP contribution is -1.93. The van der Waals surface area contributed by atoms with Crippen molar-refractivity contribution in [2.45, 2.75) is 0 Å².